The fourth-order valence-corrected chi connectivity index (χ4v) is 5.04. The normalized spacial score (nSPS) is 41.2. The minimum Gasteiger partial charge on any atom is -0.478 e. The molecular formula is C19H24O4. The molecule has 1 aliphatic heterocycles. The monoisotopic (exact) mass is 316 g/mol. The smallest absolute Gasteiger partial charge is 0.334 e. The maximum Gasteiger partial charge on any atom is 0.334 e. The molecule has 0 amide bonds. The summed E-state index contributed by atoms with van der Waals surface area (Å²) in [6, 6.07) is 0. The van der Waals surface area contributed by atoms with E-state index < -0.39 is 5.97 Å². The summed E-state index contributed by atoms with van der Waals surface area (Å²) in [6.45, 7) is 12.1. The highest BCUT2D eigenvalue weighted by molar-refractivity contribution is 5.91. The topological polar surface area (TPSA) is 63.6 Å². The van der Waals surface area contributed by atoms with Crippen LogP contribution in [0.1, 0.15) is 39.5 Å². The number of allylic oxidation sites excluding steroid dienone is 2. The van der Waals surface area contributed by atoms with Crippen LogP contribution < -0.4 is 0 Å². The lowest BCUT2D eigenvalue weighted by Crippen LogP contribution is -2.58. The average molecular weight is 316 g/mol. The van der Waals surface area contributed by atoms with Crippen LogP contribution in [0.3, 0.4) is 0 Å². The molecule has 1 heterocycles. The number of esters is 1. The zero-order valence-corrected chi connectivity index (χ0v) is 13.8. The molecule has 1 saturated heterocycles. The number of rotatable bonds is 2. The predicted molar refractivity (Wildman–Crippen MR) is 86.6 cm³/mol. The Kier molecular flexibility index (Phi) is 3.74. The highest BCUT2D eigenvalue weighted by Crippen LogP contribution is 2.61. The first kappa shape index (κ1) is 16.0. The largest absolute Gasteiger partial charge is 0.478 e. The van der Waals surface area contributed by atoms with E-state index in [-0.39, 0.29) is 40.8 Å². The lowest BCUT2D eigenvalue weighted by Gasteiger charge is -2.59. The van der Waals surface area contributed by atoms with Gasteiger partial charge in [-0.15, -0.1) is 0 Å². The molecule has 0 aromatic rings. The van der Waals surface area contributed by atoms with Crippen molar-refractivity contribution in [2.45, 2.75) is 45.6 Å². The maximum absolute atomic E-state index is 12.4. The molecule has 0 aromatic carbocycles. The lowest BCUT2D eigenvalue weighted by molar-refractivity contribution is -0.178. The number of carbonyl (C=O) groups is 2. The summed E-state index contributed by atoms with van der Waals surface area (Å²) in [6.07, 6.45) is 4.77. The van der Waals surface area contributed by atoms with Crippen LogP contribution in [-0.2, 0) is 14.3 Å². The molecule has 0 radical (unpaired) electrons. The van der Waals surface area contributed by atoms with Gasteiger partial charge in [-0.2, -0.15) is 0 Å². The van der Waals surface area contributed by atoms with Gasteiger partial charge < -0.3 is 9.84 Å². The number of carbonyl (C=O) groups excluding carboxylic acids is 1. The molecule has 1 N–H and O–H groups in total. The van der Waals surface area contributed by atoms with Gasteiger partial charge in [-0.25, -0.2) is 9.59 Å². The number of carboxylic acids is 1. The summed E-state index contributed by atoms with van der Waals surface area (Å²) in [5, 5.41) is 9.33. The van der Waals surface area contributed by atoms with Crippen LogP contribution in [-0.4, -0.2) is 23.1 Å². The maximum atomic E-state index is 12.4. The summed E-state index contributed by atoms with van der Waals surface area (Å²) in [5.41, 5.74) is 1.91. The van der Waals surface area contributed by atoms with Gasteiger partial charge in [0.2, 0.25) is 0 Å². The SMILES string of the molecule is C=C(C(=O)O)[C@H]1C[C@@H]2C(=C)CC[C@@H]3OC(=O)/C(=C\C)[C@H](C1)[C@@]32C. The molecule has 23 heavy (non-hydrogen) atoms. The Bertz CT molecular complexity index is 629. The number of ether oxygens (including phenoxy) is 1. The van der Waals surface area contributed by atoms with E-state index in [1.54, 1.807) is 0 Å². The number of hydrogen-bond donors (Lipinski definition) is 1. The van der Waals surface area contributed by atoms with Gasteiger partial charge in [-0.05, 0) is 44.4 Å². The Hall–Kier alpha value is -1.84. The zero-order chi connectivity index (χ0) is 16.9. The van der Waals surface area contributed by atoms with Gasteiger partial charge >= 0.3 is 11.9 Å². The lowest BCUT2D eigenvalue weighted by atomic mass is 9.48. The second kappa shape index (κ2) is 5.36. The van der Waals surface area contributed by atoms with Crippen molar-refractivity contribution in [3.05, 3.63) is 36.0 Å². The van der Waals surface area contributed by atoms with Gasteiger partial charge in [0.15, 0.2) is 0 Å². The van der Waals surface area contributed by atoms with Crippen molar-refractivity contribution < 1.29 is 19.4 Å². The third-order valence-electron chi connectivity index (χ3n) is 6.40. The Morgan fingerprint density at radius 2 is 2.04 bits per heavy atom. The van der Waals surface area contributed by atoms with E-state index in [0.29, 0.717) is 12.0 Å². The Balaban J connectivity index is 2.06. The Morgan fingerprint density at radius 3 is 2.65 bits per heavy atom. The second-order valence-electron chi connectivity index (χ2n) is 7.30. The van der Waals surface area contributed by atoms with Crippen LogP contribution in [0.25, 0.3) is 0 Å². The quantitative estimate of drug-likeness (QED) is 0.481. The van der Waals surface area contributed by atoms with Crippen molar-refractivity contribution >= 4 is 11.9 Å². The Morgan fingerprint density at radius 1 is 1.39 bits per heavy atom. The highest BCUT2D eigenvalue weighted by atomic mass is 16.5. The molecular weight excluding hydrogens is 292 g/mol. The van der Waals surface area contributed by atoms with E-state index in [2.05, 4.69) is 20.1 Å². The minimum atomic E-state index is -0.947. The average Bonchev–Trinajstić information content (AvgIpc) is 2.50. The molecule has 3 rings (SSSR count). The first-order valence-electron chi connectivity index (χ1n) is 8.27. The van der Waals surface area contributed by atoms with E-state index in [9.17, 15) is 14.7 Å². The number of hydrogen-bond acceptors (Lipinski definition) is 3. The van der Waals surface area contributed by atoms with Crippen molar-refractivity contribution in [2.24, 2.45) is 23.2 Å². The van der Waals surface area contributed by atoms with Gasteiger partial charge in [-0.1, -0.05) is 31.7 Å². The number of aliphatic carboxylic acids is 1. The van der Waals surface area contributed by atoms with Crippen LogP contribution in [0.15, 0.2) is 36.0 Å². The molecule has 0 bridgehead atoms. The van der Waals surface area contributed by atoms with E-state index in [4.69, 9.17) is 4.74 Å². The Labute approximate surface area is 136 Å². The van der Waals surface area contributed by atoms with E-state index in [0.717, 1.165) is 24.8 Å². The molecule has 0 spiro atoms. The van der Waals surface area contributed by atoms with Gasteiger partial charge in [0.1, 0.15) is 6.10 Å². The van der Waals surface area contributed by atoms with Crippen LogP contribution >= 0.6 is 0 Å². The van der Waals surface area contributed by atoms with Crippen LogP contribution in [0.2, 0.25) is 0 Å². The fraction of sp³-hybridized carbons (Fsp3) is 0.579. The van der Waals surface area contributed by atoms with Crippen molar-refractivity contribution in [2.75, 3.05) is 0 Å². The molecule has 5 atom stereocenters. The number of carboxylic acid groups (broad SMARTS) is 1. The summed E-state index contributed by atoms with van der Waals surface area (Å²) >= 11 is 0. The van der Waals surface area contributed by atoms with Crippen LogP contribution in [0.5, 0.6) is 0 Å². The molecule has 0 aromatic heterocycles. The second-order valence-corrected chi connectivity index (χ2v) is 7.30. The molecule has 2 aliphatic carbocycles. The van der Waals surface area contributed by atoms with E-state index in [1.165, 1.54) is 0 Å². The third-order valence-corrected chi connectivity index (χ3v) is 6.40. The summed E-state index contributed by atoms with van der Waals surface area (Å²) < 4.78 is 5.74. The molecule has 124 valence electrons. The molecule has 4 nitrogen and oxygen atoms in total. The van der Waals surface area contributed by atoms with Crippen LogP contribution in [0, 0.1) is 23.2 Å². The van der Waals surface area contributed by atoms with Crippen molar-refractivity contribution in [3.63, 3.8) is 0 Å². The van der Waals surface area contributed by atoms with Crippen molar-refractivity contribution in [1.82, 2.24) is 0 Å². The van der Waals surface area contributed by atoms with Crippen LogP contribution in [0.4, 0.5) is 0 Å². The van der Waals surface area contributed by atoms with E-state index >= 15 is 0 Å². The van der Waals surface area contributed by atoms with E-state index in [1.807, 2.05) is 13.0 Å². The van der Waals surface area contributed by atoms with Gasteiger partial charge in [-0.3, -0.25) is 0 Å². The first-order chi connectivity index (χ1) is 10.8. The molecule has 0 unspecified atom stereocenters. The van der Waals surface area contributed by atoms with Gasteiger partial charge in [0.05, 0.1) is 0 Å². The minimum absolute atomic E-state index is 0.00986. The standard InChI is InChI=1S/C19H24O4/c1-5-13-15-9-12(11(3)17(20)21)8-14-10(2)6-7-16(19(14,15)4)23-18(13)22/h5,12,14-16H,2-3,6-9H2,1,4H3,(H,20,21)/b13-5-/t12-,14+,15-,16-,19-/m0/s1. The summed E-state index contributed by atoms with van der Waals surface area (Å²) in [7, 11) is 0. The molecule has 3 fully saturated rings. The predicted octanol–water partition coefficient (Wildman–Crippen LogP) is 3.50. The zero-order valence-electron chi connectivity index (χ0n) is 13.8. The fourth-order valence-electron chi connectivity index (χ4n) is 5.04. The molecule has 4 heteroatoms. The van der Waals surface area contributed by atoms with Gasteiger partial charge in [0, 0.05) is 22.5 Å². The highest BCUT2D eigenvalue weighted by Gasteiger charge is 2.60. The van der Waals surface area contributed by atoms with Gasteiger partial charge in [0.25, 0.3) is 0 Å². The molecule has 3 aliphatic rings. The molecule has 2 saturated carbocycles. The summed E-state index contributed by atoms with van der Waals surface area (Å²) in [5.74, 6) is -1.13. The summed E-state index contributed by atoms with van der Waals surface area (Å²) in [4.78, 5) is 23.7. The third kappa shape index (κ3) is 2.19. The van der Waals surface area contributed by atoms with Crippen molar-refractivity contribution in [3.8, 4) is 0 Å². The van der Waals surface area contributed by atoms with Crippen molar-refractivity contribution in [1.29, 1.82) is 0 Å². The first-order valence-corrected chi connectivity index (χ1v) is 8.27.